The molecule has 0 spiro atoms. The third kappa shape index (κ3) is 2.58. The number of benzene rings is 1. The molecular formula is C15H21NO. The van der Waals surface area contributed by atoms with Crippen LogP contribution in [0.4, 0.5) is 0 Å². The molecule has 92 valence electrons. The van der Waals surface area contributed by atoms with Gasteiger partial charge in [0.2, 0.25) is 0 Å². The number of carbonyl (C=O) groups is 1. The summed E-state index contributed by atoms with van der Waals surface area (Å²) in [5.74, 6) is 0.745. The lowest BCUT2D eigenvalue weighted by atomic mass is 9.84. The molecule has 2 rings (SSSR count). The van der Waals surface area contributed by atoms with E-state index in [2.05, 4.69) is 43.0 Å². The highest BCUT2D eigenvalue weighted by molar-refractivity contribution is 5.84. The summed E-state index contributed by atoms with van der Waals surface area (Å²) in [4.78, 5) is 14.3. The summed E-state index contributed by atoms with van der Waals surface area (Å²) >= 11 is 0. The molecule has 2 nitrogen and oxygen atoms in total. The molecular weight excluding hydrogens is 210 g/mol. The fraction of sp³-hybridized carbons (Fsp3) is 0.533. The van der Waals surface area contributed by atoms with Crippen LogP contribution in [-0.2, 0) is 11.3 Å². The second-order valence-corrected chi connectivity index (χ2v) is 5.25. The minimum atomic E-state index is 0.155. The third-order valence-electron chi connectivity index (χ3n) is 3.97. The average molecular weight is 231 g/mol. The van der Waals surface area contributed by atoms with Crippen molar-refractivity contribution in [1.82, 2.24) is 4.90 Å². The molecule has 0 bridgehead atoms. The van der Waals surface area contributed by atoms with E-state index in [1.807, 2.05) is 13.0 Å². The van der Waals surface area contributed by atoms with Gasteiger partial charge in [0, 0.05) is 31.0 Å². The number of hydrogen-bond donors (Lipinski definition) is 0. The zero-order valence-corrected chi connectivity index (χ0v) is 10.9. The molecule has 3 atom stereocenters. The Hall–Kier alpha value is -1.15. The van der Waals surface area contributed by atoms with Crippen LogP contribution in [0.5, 0.6) is 0 Å². The summed E-state index contributed by atoms with van der Waals surface area (Å²) in [5, 5.41) is 0. The van der Waals surface area contributed by atoms with Gasteiger partial charge in [-0.2, -0.15) is 0 Å². The molecule has 0 amide bonds. The van der Waals surface area contributed by atoms with Crippen LogP contribution >= 0.6 is 0 Å². The smallest absolute Gasteiger partial charge is 0.141 e. The molecule has 0 saturated carbocycles. The Morgan fingerprint density at radius 3 is 2.47 bits per heavy atom. The van der Waals surface area contributed by atoms with Crippen LogP contribution in [0.25, 0.3) is 0 Å². The molecule has 17 heavy (non-hydrogen) atoms. The molecule has 0 radical (unpaired) electrons. The molecule has 1 heterocycles. The fourth-order valence-corrected chi connectivity index (χ4v) is 2.64. The fourth-order valence-electron chi connectivity index (χ4n) is 2.64. The van der Waals surface area contributed by atoms with Gasteiger partial charge in [0.15, 0.2) is 0 Å². The minimum Gasteiger partial charge on any atom is -0.299 e. The maximum atomic E-state index is 11.9. The quantitative estimate of drug-likeness (QED) is 0.780. The first-order chi connectivity index (χ1) is 8.09. The molecule has 1 saturated heterocycles. The van der Waals surface area contributed by atoms with Crippen LogP contribution in [-0.4, -0.2) is 23.3 Å². The predicted molar refractivity (Wildman–Crippen MR) is 69.6 cm³/mol. The van der Waals surface area contributed by atoms with E-state index < -0.39 is 0 Å². The van der Waals surface area contributed by atoms with Crippen LogP contribution in [0.2, 0.25) is 0 Å². The maximum absolute atomic E-state index is 11.9. The molecule has 2 heteroatoms. The maximum Gasteiger partial charge on any atom is 0.141 e. The van der Waals surface area contributed by atoms with Crippen molar-refractivity contribution in [3.05, 3.63) is 35.9 Å². The number of likely N-dealkylation sites (tertiary alicyclic amines) is 1. The predicted octanol–water partition coefficient (Wildman–Crippen LogP) is 2.73. The van der Waals surface area contributed by atoms with Gasteiger partial charge in [-0.15, -0.1) is 0 Å². The van der Waals surface area contributed by atoms with Crippen molar-refractivity contribution in [3.8, 4) is 0 Å². The van der Waals surface area contributed by atoms with Gasteiger partial charge in [-0.25, -0.2) is 0 Å². The minimum absolute atomic E-state index is 0.155. The molecule has 0 aliphatic carbocycles. The molecule has 1 aromatic rings. The molecule has 1 aliphatic rings. The van der Waals surface area contributed by atoms with Gasteiger partial charge < -0.3 is 0 Å². The van der Waals surface area contributed by atoms with Crippen molar-refractivity contribution >= 4 is 5.78 Å². The monoisotopic (exact) mass is 231 g/mol. The van der Waals surface area contributed by atoms with Crippen LogP contribution < -0.4 is 0 Å². The molecule has 1 aliphatic heterocycles. The van der Waals surface area contributed by atoms with Crippen molar-refractivity contribution in [1.29, 1.82) is 0 Å². The van der Waals surface area contributed by atoms with Gasteiger partial charge >= 0.3 is 0 Å². The Labute approximate surface area is 104 Å². The van der Waals surface area contributed by atoms with Crippen LogP contribution in [0.3, 0.4) is 0 Å². The molecule has 1 aromatic carbocycles. The lowest BCUT2D eigenvalue weighted by Crippen LogP contribution is -2.50. The summed E-state index contributed by atoms with van der Waals surface area (Å²) in [6.45, 7) is 8.10. The highest BCUT2D eigenvalue weighted by Gasteiger charge is 2.35. The van der Waals surface area contributed by atoms with E-state index in [4.69, 9.17) is 0 Å². The number of nitrogens with zero attached hydrogens (tertiary/aromatic N) is 1. The summed E-state index contributed by atoms with van der Waals surface area (Å²) in [7, 11) is 0. The van der Waals surface area contributed by atoms with E-state index in [1.54, 1.807) is 0 Å². The molecule has 1 fully saturated rings. The highest BCUT2D eigenvalue weighted by Crippen LogP contribution is 2.25. The Morgan fingerprint density at radius 1 is 1.18 bits per heavy atom. The zero-order chi connectivity index (χ0) is 12.4. The molecule has 0 aromatic heterocycles. The van der Waals surface area contributed by atoms with Crippen LogP contribution in [0.1, 0.15) is 26.3 Å². The Balaban J connectivity index is 2.09. The number of ketones is 1. The lowest BCUT2D eigenvalue weighted by Gasteiger charge is -2.40. The van der Waals surface area contributed by atoms with Gasteiger partial charge in [-0.3, -0.25) is 9.69 Å². The van der Waals surface area contributed by atoms with Gasteiger partial charge in [0.05, 0.1) is 0 Å². The molecule has 0 N–H and O–H groups in total. The number of carbonyl (C=O) groups excluding carboxylic acids is 1. The number of hydrogen-bond acceptors (Lipinski definition) is 2. The van der Waals surface area contributed by atoms with Crippen molar-refractivity contribution in [2.24, 2.45) is 11.8 Å². The van der Waals surface area contributed by atoms with Crippen molar-refractivity contribution < 1.29 is 4.79 Å². The van der Waals surface area contributed by atoms with Crippen molar-refractivity contribution in [3.63, 3.8) is 0 Å². The van der Waals surface area contributed by atoms with Crippen molar-refractivity contribution in [2.45, 2.75) is 33.4 Å². The van der Waals surface area contributed by atoms with E-state index in [0.717, 1.165) is 13.1 Å². The van der Waals surface area contributed by atoms with Gasteiger partial charge in [0.25, 0.3) is 0 Å². The summed E-state index contributed by atoms with van der Waals surface area (Å²) < 4.78 is 0. The number of Topliss-reactive ketones (excluding diaryl/α,β-unsaturated/α-hetero) is 1. The summed E-state index contributed by atoms with van der Waals surface area (Å²) in [6.07, 6.45) is 0. The standard InChI is InChI=1S/C15H21NO/c1-11-9-16(13(3)12(2)15(11)17)10-14-7-5-4-6-8-14/h4-8,11-13H,9-10H2,1-3H3/t11-,12+,13-/m1/s1. The first kappa shape index (κ1) is 12.3. The van der Waals surface area contributed by atoms with E-state index >= 15 is 0 Å². The first-order valence-corrected chi connectivity index (χ1v) is 6.41. The third-order valence-corrected chi connectivity index (χ3v) is 3.97. The Morgan fingerprint density at radius 2 is 1.82 bits per heavy atom. The van der Waals surface area contributed by atoms with Gasteiger partial charge in [0.1, 0.15) is 5.78 Å². The van der Waals surface area contributed by atoms with Crippen LogP contribution in [0, 0.1) is 11.8 Å². The lowest BCUT2D eigenvalue weighted by molar-refractivity contribution is -0.133. The number of piperidine rings is 1. The Bertz CT molecular complexity index is 387. The first-order valence-electron chi connectivity index (χ1n) is 6.41. The zero-order valence-electron chi connectivity index (χ0n) is 10.9. The average Bonchev–Trinajstić information content (AvgIpc) is 2.35. The van der Waals surface area contributed by atoms with E-state index in [9.17, 15) is 4.79 Å². The SMILES string of the molecule is C[C@@H]1CN(Cc2ccccc2)[C@H](C)[C@H](C)C1=O. The second kappa shape index (κ2) is 5.01. The van der Waals surface area contributed by atoms with Crippen LogP contribution in [0.15, 0.2) is 30.3 Å². The van der Waals surface area contributed by atoms with E-state index in [-0.39, 0.29) is 11.8 Å². The summed E-state index contributed by atoms with van der Waals surface area (Å²) in [6, 6.07) is 10.8. The largest absolute Gasteiger partial charge is 0.299 e. The normalized spacial score (nSPS) is 30.5. The van der Waals surface area contributed by atoms with E-state index in [0.29, 0.717) is 11.8 Å². The van der Waals surface area contributed by atoms with Gasteiger partial charge in [-0.1, -0.05) is 44.2 Å². The Kier molecular flexibility index (Phi) is 3.63. The second-order valence-electron chi connectivity index (χ2n) is 5.25. The van der Waals surface area contributed by atoms with Crippen molar-refractivity contribution in [2.75, 3.05) is 6.54 Å². The number of rotatable bonds is 2. The molecule has 0 unspecified atom stereocenters. The topological polar surface area (TPSA) is 20.3 Å². The highest BCUT2D eigenvalue weighted by atomic mass is 16.1. The van der Waals surface area contributed by atoms with E-state index in [1.165, 1.54) is 5.56 Å². The summed E-state index contributed by atoms with van der Waals surface area (Å²) in [5.41, 5.74) is 1.33. The van der Waals surface area contributed by atoms with Gasteiger partial charge in [-0.05, 0) is 12.5 Å².